The van der Waals surface area contributed by atoms with E-state index in [0.29, 0.717) is 10.8 Å². The molecule has 1 aromatic carbocycles. The van der Waals surface area contributed by atoms with Crippen LogP contribution in [-0.2, 0) is 0 Å². The SMILES string of the molecule is CC12CC3CC(C)(C1)CC(N)(C3)C2.O=C(O)c1ccccc1O. The Morgan fingerprint density at radius 2 is 1.65 bits per heavy atom. The molecule has 1 aromatic rings. The number of nitrogens with two attached hydrogens (primary N) is 1. The molecule has 4 heteroatoms. The predicted molar refractivity (Wildman–Crippen MR) is 89.4 cm³/mol. The maximum Gasteiger partial charge on any atom is 0.339 e. The molecule has 126 valence electrons. The monoisotopic (exact) mass is 317 g/mol. The van der Waals surface area contributed by atoms with Gasteiger partial charge in [0.1, 0.15) is 11.3 Å². The highest BCUT2D eigenvalue weighted by Crippen LogP contribution is 2.65. The molecular formula is C19H27NO3. The fourth-order valence-electron chi connectivity index (χ4n) is 6.19. The first-order valence-corrected chi connectivity index (χ1v) is 8.42. The Morgan fingerprint density at radius 3 is 2.04 bits per heavy atom. The first kappa shape index (κ1) is 16.3. The minimum absolute atomic E-state index is 0.0671. The molecule has 4 bridgehead atoms. The van der Waals surface area contributed by atoms with Crippen LogP contribution in [0.25, 0.3) is 0 Å². The van der Waals surface area contributed by atoms with Gasteiger partial charge in [-0.15, -0.1) is 0 Å². The zero-order valence-corrected chi connectivity index (χ0v) is 14.0. The number of carboxylic acid groups (broad SMARTS) is 1. The van der Waals surface area contributed by atoms with E-state index in [-0.39, 0.29) is 16.9 Å². The third-order valence-corrected chi connectivity index (χ3v) is 5.80. The van der Waals surface area contributed by atoms with E-state index in [9.17, 15) is 4.79 Å². The summed E-state index contributed by atoms with van der Waals surface area (Å²) in [7, 11) is 0. The highest BCUT2D eigenvalue weighted by Gasteiger charge is 2.58. The number of carbonyl (C=O) groups is 1. The van der Waals surface area contributed by atoms with Gasteiger partial charge in [-0.05, 0) is 67.4 Å². The van der Waals surface area contributed by atoms with Crippen LogP contribution in [-0.4, -0.2) is 21.7 Å². The van der Waals surface area contributed by atoms with Gasteiger partial charge in [0.05, 0.1) is 0 Å². The van der Waals surface area contributed by atoms with Crippen LogP contribution in [0.2, 0.25) is 0 Å². The summed E-state index contributed by atoms with van der Waals surface area (Å²) in [4.78, 5) is 10.3. The number of hydrogen-bond acceptors (Lipinski definition) is 3. The number of carboxylic acids is 1. The molecule has 4 fully saturated rings. The van der Waals surface area contributed by atoms with Crippen molar-refractivity contribution in [2.75, 3.05) is 0 Å². The average Bonchev–Trinajstić information content (AvgIpc) is 2.33. The third-order valence-electron chi connectivity index (χ3n) is 5.80. The summed E-state index contributed by atoms with van der Waals surface area (Å²) in [5.41, 5.74) is 7.85. The zero-order chi connectivity index (χ0) is 16.9. The fourth-order valence-corrected chi connectivity index (χ4v) is 6.19. The van der Waals surface area contributed by atoms with Crippen molar-refractivity contribution < 1.29 is 15.0 Å². The van der Waals surface area contributed by atoms with Gasteiger partial charge in [0.2, 0.25) is 0 Å². The molecule has 0 aliphatic heterocycles. The minimum atomic E-state index is -1.11. The van der Waals surface area contributed by atoms with Crippen molar-refractivity contribution in [3.63, 3.8) is 0 Å². The van der Waals surface area contributed by atoms with Gasteiger partial charge >= 0.3 is 5.97 Å². The fraction of sp³-hybridized carbons (Fsp3) is 0.632. The number of phenols is 1. The van der Waals surface area contributed by atoms with Gasteiger partial charge in [0.15, 0.2) is 0 Å². The van der Waals surface area contributed by atoms with E-state index in [4.69, 9.17) is 15.9 Å². The number of rotatable bonds is 1. The maximum atomic E-state index is 10.3. The lowest BCUT2D eigenvalue weighted by Gasteiger charge is -2.64. The van der Waals surface area contributed by atoms with Crippen LogP contribution >= 0.6 is 0 Å². The van der Waals surface area contributed by atoms with E-state index in [1.807, 2.05) is 0 Å². The van der Waals surface area contributed by atoms with Crippen molar-refractivity contribution in [1.29, 1.82) is 0 Å². The molecule has 0 amide bonds. The first-order chi connectivity index (χ1) is 10.6. The summed E-state index contributed by atoms with van der Waals surface area (Å²) < 4.78 is 0. The van der Waals surface area contributed by atoms with Crippen LogP contribution in [0.15, 0.2) is 24.3 Å². The van der Waals surface area contributed by atoms with E-state index in [1.165, 1.54) is 50.7 Å². The van der Waals surface area contributed by atoms with Gasteiger partial charge in [0, 0.05) is 5.54 Å². The van der Waals surface area contributed by atoms with Crippen LogP contribution in [0.4, 0.5) is 0 Å². The summed E-state index contributed by atoms with van der Waals surface area (Å²) in [6, 6.07) is 5.81. The Balaban J connectivity index is 0.000000142. The van der Waals surface area contributed by atoms with Crippen LogP contribution in [0.3, 0.4) is 0 Å². The molecule has 4 aliphatic carbocycles. The van der Waals surface area contributed by atoms with Gasteiger partial charge in [-0.2, -0.15) is 0 Å². The van der Waals surface area contributed by atoms with Gasteiger partial charge < -0.3 is 15.9 Å². The van der Waals surface area contributed by atoms with Crippen molar-refractivity contribution in [1.82, 2.24) is 0 Å². The van der Waals surface area contributed by atoms with Crippen LogP contribution < -0.4 is 5.73 Å². The second-order valence-electron chi connectivity index (χ2n) is 8.81. The lowest BCUT2D eigenvalue weighted by atomic mass is 9.43. The molecular weight excluding hydrogens is 290 g/mol. The zero-order valence-electron chi connectivity index (χ0n) is 14.0. The highest BCUT2D eigenvalue weighted by atomic mass is 16.4. The molecule has 0 heterocycles. The van der Waals surface area contributed by atoms with Crippen LogP contribution in [0.5, 0.6) is 5.75 Å². The quantitative estimate of drug-likeness (QED) is 0.736. The molecule has 2 atom stereocenters. The van der Waals surface area contributed by atoms with Crippen molar-refractivity contribution in [3.8, 4) is 5.75 Å². The van der Waals surface area contributed by atoms with Crippen molar-refractivity contribution in [2.45, 2.75) is 57.9 Å². The van der Waals surface area contributed by atoms with E-state index < -0.39 is 5.97 Å². The van der Waals surface area contributed by atoms with Gasteiger partial charge in [0.25, 0.3) is 0 Å². The van der Waals surface area contributed by atoms with Crippen LogP contribution in [0, 0.1) is 16.7 Å². The molecule has 0 radical (unpaired) electrons. The lowest BCUT2D eigenvalue weighted by molar-refractivity contribution is -0.104. The minimum Gasteiger partial charge on any atom is -0.507 e. The molecule has 0 aromatic heterocycles. The number of hydrogen-bond donors (Lipinski definition) is 3. The number of benzene rings is 1. The molecule has 23 heavy (non-hydrogen) atoms. The highest BCUT2D eigenvalue weighted by molar-refractivity contribution is 5.90. The Labute approximate surface area is 137 Å². The summed E-state index contributed by atoms with van der Waals surface area (Å²) in [6.07, 6.45) is 8.27. The van der Waals surface area contributed by atoms with E-state index in [1.54, 1.807) is 12.1 Å². The summed E-state index contributed by atoms with van der Waals surface area (Å²) in [6.45, 7) is 4.94. The summed E-state index contributed by atoms with van der Waals surface area (Å²) in [5, 5.41) is 17.3. The molecule has 2 unspecified atom stereocenters. The normalized spacial score (nSPS) is 40.4. The van der Waals surface area contributed by atoms with E-state index in [2.05, 4.69) is 13.8 Å². The second kappa shape index (κ2) is 5.23. The average molecular weight is 317 g/mol. The molecule has 4 N–H and O–H groups in total. The van der Waals surface area contributed by atoms with Crippen molar-refractivity contribution in [2.24, 2.45) is 22.5 Å². The second-order valence-corrected chi connectivity index (χ2v) is 8.81. The van der Waals surface area contributed by atoms with Crippen molar-refractivity contribution in [3.05, 3.63) is 29.8 Å². The molecule has 0 spiro atoms. The molecule has 4 nitrogen and oxygen atoms in total. The largest absolute Gasteiger partial charge is 0.507 e. The first-order valence-electron chi connectivity index (χ1n) is 8.42. The van der Waals surface area contributed by atoms with Gasteiger partial charge in [-0.1, -0.05) is 26.0 Å². The third kappa shape index (κ3) is 3.23. The number of aromatic carboxylic acids is 1. The van der Waals surface area contributed by atoms with E-state index in [0.717, 1.165) is 5.92 Å². The molecule has 0 saturated heterocycles. The Hall–Kier alpha value is -1.55. The standard InChI is InChI=1S/C12H21N.C7H6O3/c1-10-3-9-4-11(2,6-10)8-12(13,5-9)7-10;8-6-4-2-1-3-5(6)7(9)10/h9H,3-8,13H2,1-2H3;1-4,8H,(H,9,10). The smallest absolute Gasteiger partial charge is 0.339 e. The number of para-hydroxylation sites is 1. The predicted octanol–water partition coefficient (Wildman–Crippen LogP) is 3.78. The topological polar surface area (TPSA) is 83.6 Å². The molecule has 5 rings (SSSR count). The maximum absolute atomic E-state index is 10.3. The van der Waals surface area contributed by atoms with Gasteiger partial charge in [-0.25, -0.2) is 4.79 Å². The Bertz CT molecular complexity index is 576. The summed E-state index contributed by atoms with van der Waals surface area (Å²) in [5.74, 6) is -0.357. The molecule has 4 saturated carbocycles. The Kier molecular flexibility index (Phi) is 3.71. The lowest BCUT2D eigenvalue weighted by Crippen LogP contribution is -2.62. The molecule has 4 aliphatic rings. The van der Waals surface area contributed by atoms with Crippen molar-refractivity contribution >= 4 is 5.97 Å². The Morgan fingerprint density at radius 1 is 1.09 bits per heavy atom. The summed E-state index contributed by atoms with van der Waals surface area (Å²) >= 11 is 0. The number of aromatic hydroxyl groups is 1. The van der Waals surface area contributed by atoms with E-state index >= 15 is 0 Å². The van der Waals surface area contributed by atoms with Gasteiger partial charge in [-0.3, -0.25) is 0 Å². The van der Waals surface area contributed by atoms with Crippen LogP contribution in [0.1, 0.15) is 62.7 Å².